The predicted octanol–water partition coefficient (Wildman–Crippen LogP) is 2.02. The molecule has 0 aromatic heterocycles. The number of halogens is 4. The van der Waals surface area contributed by atoms with E-state index < -0.39 is 18.2 Å². The summed E-state index contributed by atoms with van der Waals surface area (Å²) in [5.41, 5.74) is 0. The van der Waals surface area contributed by atoms with Gasteiger partial charge in [-0.15, -0.1) is 0 Å². The van der Waals surface area contributed by atoms with Gasteiger partial charge in [0.05, 0.1) is 7.11 Å². The van der Waals surface area contributed by atoms with Gasteiger partial charge in [0.25, 0.3) is 0 Å². The number of carbonyl (C=O) groups excluding carboxylic acids is 1. The quantitative estimate of drug-likeness (QED) is 0.493. The normalized spacial score (nSPS) is 12.5. The summed E-state index contributed by atoms with van der Waals surface area (Å²) < 4.78 is 54.6. The van der Waals surface area contributed by atoms with Crippen LogP contribution in [-0.2, 0) is 9.47 Å². The van der Waals surface area contributed by atoms with Crippen molar-refractivity contribution in [1.82, 2.24) is 0 Å². The molecule has 0 N–H and O–H groups in total. The molecule has 12 heavy (non-hydrogen) atoms. The minimum atomic E-state index is -4.85. The van der Waals surface area contributed by atoms with E-state index in [0.29, 0.717) is 0 Å². The lowest BCUT2D eigenvalue weighted by Crippen LogP contribution is -2.41. The van der Waals surface area contributed by atoms with Gasteiger partial charge in [-0.25, -0.2) is 4.79 Å². The average Bonchev–Trinajstić information content (AvgIpc) is 1.84. The van der Waals surface area contributed by atoms with Crippen molar-refractivity contribution in [3.63, 3.8) is 0 Å². The first kappa shape index (κ1) is 11.0. The lowest BCUT2D eigenvalue weighted by molar-refractivity contribution is -0.319. The SMILES string of the molecule is COC(=O)OC(F)(F)C(C)(F)F. The first-order valence-electron chi connectivity index (χ1n) is 2.73. The highest BCUT2D eigenvalue weighted by Gasteiger charge is 2.56. The van der Waals surface area contributed by atoms with Crippen LogP contribution in [0.25, 0.3) is 0 Å². The number of hydrogen-bond donors (Lipinski definition) is 0. The van der Waals surface area contributed by atoms with Gasteiger partial charge in [-0.05, 0) is 0 Å². The summed E-state index contributed by atoms with van der Waals surface area (Å²) in [6.45, 7) is -0.0735. The van der Waals surface area contributed by atoms with Crippen LogP contribution in [0.4, 0.5) is 22.4 Å². The van der Waals surface area contributed by atoms with Crippen LogP contribution >= 0.6 is 0 Å². The monoisotopic (exact) mass is 190 g/mol. The van der Waals surface area contributed by atoms with Crippen LogP contribution in [0.3, 0.4) is 0 Å². The van der Waals surface area contributed by atoms with Crippen molar-refractivity contribution < 1.29 is 31.8 Å². The standard InChI is InChI=1S/C5H6F4O3/c1-4(6,7)5(8,9)12-3(10)11-2/h1-2H3. The molecule has 0 radical (unpaired) electrons. The van der Waals surface area contributed by atoms with Gasteiger partial charge >= 0.3 is 18.2 Å². The Morgan fingerprint density at radius 3 is 1.92 bits per heavy atom. The molecule has 0 saturated carbocycles. The molecule has 7 heteroatoms. The fraction of sp³-hybridized carbons (Fsp3) is 0.800. The Kier molecular flexibility index (Phi) is 2.89. The largest absolute Gasteiger partial charge is 0.512 e. The van der Waals surface area contributed by atoms with Gasteiger partial charge in [0.2, 0.25) is 0 Å². The Morgan fingerprint density at radius 2 is 1.67 bits per heavy atom. The molecule has 0 atom stereocenters. The molecule has 0 bridgehead atoms. The van der Waals surface area contributed by atoms with Gasteiger partial charge in [-0.1, -0.05) is 0 Å². The van der Waals surface area contributed by atoms with Crippen molar-refractivity contribution in [1.29, 1.82) is 0 Å². The van der Waals surface area contributed by atoms with Gasteiger partial charge in [-0.3, -0.25) is 0 Å². The first-order valence-corrected chi connectivity index (χ1v) is 2.73. The maximum Gasteiger partial charge on any atom is 0.512 e. The molecule has 0 spiro atoms. The summed E-state index contributed by atoms with van der Waals surface area (Å²) in [4.78, 5) is 10.0. The molecule has 0 aromatic rings. The highest BCUT2D eigenvalue weighted by molar-refractivity contribution is 5.60. The van der Waals surface area contributed by atoms with Crippen molar-refractivity contribution in [2.45, 2.75) is 19.0 Å². The molecule has 0 aliphatic carbocycles. The molecule has 0 fully saturated rings. The van der Waals surface area contributed by atoms with E-state index in [9.17, 15) is 22.4 Å². The zero-order valence-corrected chi connectivity index (χ0v) is 6.24. The second kappa shape index (κ2) is 3.16. The van der Waals surface area contributed by atoms with E-state index in [-0.39, 0.29) is 6.92 Å². The van der Waals surface area contributed by atoms with E-state index >= 15 is 0 Å². The van der Waals surface area contributed by atoms with Crippen molar-refractivity contribution in [3.8, 4) is 0 Å². The van der Waals surface area contributed by atoms with Gasteiger partial charge in [0.15, 0.2) is 0 Å². The average molecular weight is 190 g/mol. The van der Waals surface area contributed by atoms with Crippen LogP contribution in [0.5, 0.6) is 0 Å². The molecule has 0 aliphatic rings. The van der Waals surface area contributed by atoms with E-state index in [1.165, 1.54) is 0 Å². The summed E-state index contributed by atoms with van der Waals surface area (Å²) >= 11 is 0. The first-order chi connectivity index (χ1) is 5.20. The number of hydrogen-bond acceptors (Lipinski definition) is 3. The minimum absolute atomic E-state index is 0.0735. The predicted molar refractivity (Wildman–Crippen MR) is 29.1 cm³/mol. The Hall–Kier alpha value is -1.01. The fourth-order valence-corrected chi connectivity index (χ4v) is 0.236. The zero-order chi connectivity index (χ0) is 9.99. The van der Waals surface area contributed by atoms with Crippen molar-refractivity contribution in [2.75, 3.05) is 7.11 Å². The Bertz CT molecular complexity index is 174. The highest BCUT2D eigenvalue weighted by Crippen LogP contribution is 2.34. The molecular formula is C5H6F4O3. The molecule has 0 aliphatic heterocycles. The highest BCUT2D eigenvalue weighted by atomic mass is 19.3. The van der Waals surface area contributed by atoms with E-state index in [1.807, 2.05) is 0 Å². The van der Waals surface area contributed by atoms with Crippen LogP contribution in [0.2, 0.25) is 0 Å². The molecule has 0 amide bonds. The number of alkyl halides is 4. The number of carbonyl (C=O) groups is 1. The van der Waals surface area contributed by atoms with E-state index in [2.05, 4.69) is 9.47 Å². The topological polar surface area (TPSA) is 35.5 Å². The molecule has 0 unspecified atom stereocenters. The molecule has 0 rings (SSSR count). The summed E-state index contributed by atoms with van der Waals surface area (Å²) in [7, 11) is 0.728. The molecular weight excluding hydrogens is 184 g/mol. The van der Waals surface area contributed by atoms with Crippen LogP contribution in [0, 0.1) is 0 Å². The maximum absolute atomic E-state index is 12.1. The third-order valence-corrected chi connectivity index (χ3v) is 0.889. The third kappa shape index (κ3) is 2.55. The molecule has 0 saturated heterocycles. The van der Waals surface area contributed by atoms with Crippen LogP contribution in [0.1, 0.15) is 6.92 Å². The maximum atomic E-state index is 12.1. The second-order valence-electron chi connectivity index (χ2n) is 1.96. The lowest BCUT2D eigenvalue weighted by atomic mass is 10.4. The van der Waals surface area contributed by atoms with Crippen LogP contribution in [-0.4, -0.2) is 25.3 Å². The summed E-state index contributed by atoms with van der Waals surface area (Å²) in [6, 6.07) is 0. The Labute approximate surface area is 65.2 Å². The lowest BCUT2D eigenvalue weighted by Gasteiger charge is -2.20. The third-order valence-electron chi connectivity index (χ3n) is 0.889. The summed E-state index contributed by atoms with van der Waals surface area (Å²) in [5.74, 6) is -4.43. The van der Waals surface area contributed by atoms with Gasteiger partial charge < -0.3 is 9.47 Å². The van der Waals surface area contributed by atoms with E-state index in [4.69, 9.17) is 0 Å². The number of methoxy groups -OCH3 is 1. The molecule has 3 nitrogen and oxygen atoms in total. The smallest absolute Gasteiger partial charge is 0.437 e. The van der Waals surface area contributed by atoms with Gasteiger partial charge in [-0.2, -0.15) is 17.6 Å². The molecule has 0 heterocycles. The molecule has 0 aromatic carbocycles. The van der Waals surface area contributed by atoms with Crippen LogP contribution < -0.4 is 0 Å². The van der Waals surface area contributed by atoms with E-state index in [1.54, 1.807) is 0 Å². The summed E-state index contributed by atoms with van der Waals surface area (Å²) in [6.07, 6.45) is -6.71. The molecule has 72 valence electrons. The van der Waals surface area contributed by atoms with Gasteiger partial charge in [0, 0.05) is 6.92 Å². The zero-order valence-electron chi connectivity index (χ0n) is 6.24. The van der Waals surface area contributed by atoms with Crippen LogP contribution in [0.15, 0.2) is 0 Å². The Morgan fingerprint density at radius 1 is 1.25 bits per heavy atom. The second-order valence-corrected chi connectivity index (χ2v) is 1.96. The van der Waals surface area contributed by atoms with Crippen molar-refractivity contribution in [2.24, 2.45) is 0 Å². The number of ether oxygens (including phenoxy) is 2. The Balaban J connectivity index is 4.33. The van der Waals surface area contributed by atoms with Crippen molar-refractivity contribution >= 4 is 6.16 Å². The number of rotatable bonds is 2. The van der Waals surface area contributed by atoms with Crippen molar-refractivity contribution in [3.05, 3.63) is 0 Å². The summed E-state index contributed by atoms with van der Waals surface area (Å²) in [5, 5.41) is 0. The fourth-order valence-electron chi connectivity index (χ4n) is 0.236. The minimum Gasteiger partial charge on any atom is -0.437 e. The van der Waals surface area contributed by atoms with E-state index in [0.717, 1.165) is 7.11 Å². The van der Waals surface area contributed by atoms with Gasteiger partial charge in [0.1, 0.15) is 0 Å².